The monoisotopic (exact) mass is 284 g/mol. The van der Waals surface area contributed by atoms with E-state index in [1.165, 1.54) is 7.11 Å². The summed E-state index contributed by atoms with van der Waals surface area (Å²) in [6.45, 7) is 3.58. The molecule has 0 aliphatic rings. The van der Waals surface area contributed by atoms with Gasteiger partial charge < -0.3 is 10.1 Å². The molecule has 1 N–H and O–H groups in total. The molecule has 2 aromatic rings. The van der Waals surface area contributed by atoms with Crippen molar-refractivity contribution in [2.45, 2.75) is 12.5 Å². The molecule has 0 aliphatic carbocycles. The molecule has 0 bridgehead atoms. The number of rotatable bonds is 5. The number of carbonyl (C=O) groups is 2. The minimum atomic E-state index is -0.751. The minimum absolute atomic E-state index is 0.302. The number of nitrogens with one attached hydrogen (secondary N) is 1. The standard InChI is InChI=1S/C16H16N2O3/c1-3-6-13(16(20)21-2)18-15(19)12-9-4-7-11-8-5-10-17-14(11)12/h3-5,7-10,13H,1,6H2,2H3,(H,18,19)/t13-/m0/s1. The summed E-state index contributed by atoms with van der Waals surface area (Å²) in [6, 6.07) is 8.26. The second kappa shape index (κ2) is 6.65. The van der Waals surface area contributed by atoms with Crippen LogP contribution >= 0.6 is 0 Å². The Morgan fingerprint density at radius 1 is 1.38 bits per heavy atom. The van der Waals surface area contributed by atoms with E-state index in [0.717, 1.165) is 5.39 Å². The lowest BCUT2D eigenvalue weighted by Crippen LogP contribution is -2.41. The number of fused-ring (bicyclic) bond motifs is 1. The maximum absolute atomic E-state index is 12.4. The zero-order valence-corrected chi connectivity index (χ0v) is 11.7. The highest BCUT2D eigenvalue weighted by Gasteiger charge is 2.21. The van der Waals surface area contributed by atoms with E-state index < -0.39 is 12.0 Å². The van der Waals surface area contributed by atoms with Crippen LogP contribution < -0.4 is 5.32 Å². The van der Waals surface area contributed by atoms with Gasteiger partial charge in [-0.15, -0.1) is 6.58 Å². The number of benzene rings is 1. The van der Waals surface area contributed by atoms with Crippen molar-refractivity contribution in [2.24, 2.45) is 0 Å². The Hall–Kier alpha value is -2.69. The Morgan fingerprint density at radius 3 is 2.86 bits per heavy atom. The predicted molar refractivity (Wildman–Crippen MR) is 79.8 cm³/mol. The number of hydrogen-bond acceptors (Lipinski definition) is 4. The Morgan fingerprint density at radius 2 is 2.14 bits per heavy atom. The second-order valence-electron chi connectivity index (χ2n) is 4.45. The third kappa shape index (κ3) is 3.25. The first-order valence-electron chi connectivity index (χ1n) is 6.50. The molecular formula is C16H16N2O3. The number of hydrogen-bond donors (Lipinski definition) is 1. The predicted octanol–water partition coefficient (Wildman–Crippen LogP) is 2.08. The van der Waals surface area contributed by atoms with Crippen LogP contribution in [0.5, 0.6) is 0 Å². The number of carbonyl (C=O) groups excluding carboxylic acids is 2. The topological polar surface area (TPSA) is 68.3 Å². The molecule has 0 radical (unpaired) electrons. The van der Waals surface area contributed by atoms with E-state index in [1.807, 2.05) is 12.1 Å². The van der Waals surface area contributed by atoms with Crippen LogP contribution in [0.25, 0.3) is 10.9 Å². The van der Waals surface area contributed by atoms with Gasteiger partial charge in [-0.1, -0.05) is 24.3 Å². The molecule has 21 heavy (non-hydrogen) atoms. The summed E-state index contributed by atoms with van der Waals surface area (Å²) in [7, 11) is 1.28. The molecule has 1 heterocycles. The zero-order valence-electron chi connectivity index (χ0n) is 11.7. The summed E-state index contributed by atoms with van der Waals surface area (Å²) >= 11 is 0. The maximum Gasteiger partial charge on any atom is 0.328 e. The van der Waals surface area contributed by atoms with Crippen LogP contribution in [0.15, 0.2) is 49.2 Å². The van der Waals surface area contributed by atoms with Gasteiger partial charge >= 0.3 is 5.97 Å². The first-order valence-corrected chi connectivity index (χ1v) is 6.50. The van der Waals surface area contributed by atoms with E-state index in [9.17, 15) is 9.59 Å². The van der Waals surface area contributed by atoms with Gasteiger partial charge in [0.05, 0.1) is 18.2 Å². The molecule has 0 saturated carbocycles. The van der Waals surface area contributed by atoms with Crippen LogP contribution in [0.2, 0.25) is 0 Å². The van der Waals surface area contributed by atoms with Crippen molar-refractivity contribution < 1.29 is 14.3 Å². The lowest BCUT2D eigenvalue weighted by molar-refractivity contribution is -0.142. The molecule has 108 valence electrons. The van der Waals surface area contributed by atoms with E-state index in [0.29, 0.717) is 17.5 Å². The highest BCUT2D eigenvalue weighted by molar-refractivity contribution is 6.06. The van der Waals surface area contributed by atoms with Crippen LogP contribution in [-0.2, 0) is 9.53 Å². The third-order valence-corrected chi connectivity index (χ3v) is 3.07. The van der Waals surface area contributed by atoms with Gasteiger partial charge in [-0.2, -0.15) is 0 Å². The highest BCUT2D eigenvalue weighted by atomic mass is 16.5. The van der Waals surface area contributed by atoms with Gasteiger partial charge in [0.2, 0.25) is 0 Å². The molecule has 1 atom stereocenters. The summed E-state index contributed by atoms with van der Waals surface area (Å²) in [5.74, 6) is -0.868. The normalized spacial score (nSPS) is 11.7. The van der Waals surface area contributed by atoms with Gasteiger partial charge in [0, 0.05) is 11.6 Å². The Bertz CT molecular complexity index is 677. The number of amides is 1. The summed E-state index contributed by atoms with van der Waals surface area (Å²) in [5, 5.41) is 3.52. The molecule has 1 amide bonds. The molecule has 0 unspecified atom stereocenters. The zero-order chi connectivity index (χ0) is 15.2. The van der Waals surface area contributed by atoms with Gasteiger partial charge in [0.15, 0.2) is 0 Å². The lowest BCUT2D eigenvalue weighted by atomic mass is 10.1. The average Bonchev–Trinajstić information content (AvgIpc) is 2.53. The van der Waals surface area contributed by atoms with E-state index in [2.05, 4.69) is 21.6 Å². The van der Waals surface area contributed by atoms with Crippen LogP contribution in [0.1, 0.15) is 16.8 Å². The van der Waals surface area contributed by atoms with E-state index in [-0.39, 0.29) is 5.91 Å². The van der Waals surface area contributed by atoms with Gasteiger partial charge in [0.25, 0.3) is 5.91 Å². The first kappa shape index (κ1) is 14.7. The van der Waals surface area contributed by atoms with Crippen molar-refractivity contribution >= 4 is 22.8 Å². The first-order chi connectivity index (χ1) is 10.2. The van der Waals surface area contributed by atoms with E-state index >= 15 is 0 Å². The summed E-state index contributed by atoms with van der Waals surface area (Å²) in [4.78, 5) is 28.2. The SMILES string of the molecule is C=CC[C@H](NC(=O)c1cccc2cccnc12)C(=O)OC. The number of para-hydroxylation sites is 1. The molecule has 1 aromatic carbocycles. The Kier molecular flexibility index (Phi) is 4.66. The lowest BCUT2D eigenvalue weighted by Gasteiger charge is -2.15. The van der Waals surface area contributed by atoms with Gasteiger partial charge in [-0.25, -0.2) is 4.79 Å². The maximum atomic E-state index is 12.4. The second-order valence-corrected chi connectivity index (χ2v) is 4.45. The molecule has 0 aliphatic heterocycles. The molecular weight excluding hydrogens is 268 g/mol. The van der Waals surface area contributed by atoms with Gasteiger partial charge in [-0.3, -0.25) is 9.78 Å². The van der Waals surface area contributed by atoms with Crippen LogP contribution in [0.4, 0.5) is 0 Å². The Labute approximate surface area is 122 Å². The fourth-order valence-electron chi connectivity index (χ4n) is 2.05. The van der Waals surface area contributed by atoms with Crippen molar-refractivity contribution in [3.05, 3.63) is 54.7 Å². The number of esters is 1. The molecule has 0 fully saturated rings. The van der Waals surface area contributed by atoms with Crippen LogP contribution in [0.3, 0.4) is 0 Å². The molecule has 1 aromatic heterocycles. The largest absolute Gasteiger partial charge is 0.467 e. The van der Waals surface area contributed by atoms with Crippen molar-refractivity contribution in [2.75, 3.05) is 7.11 Å². The van der Waals surface area contributed by atoms with E-state index in [4.69, 9.17) is 0 Å². The van der Waals surface area contributed by atoms with Crippen molar-refractivity contribution in [3.8, 4) is 0 Å². The molecule has 0 saturated heterocycles. The summed E-state index contributed by atoms with van der Waals surface area (Å²) in [5.41, 5.74) is 1.02. The van der Waals surface area contributed by atoms with Gasteiger partial charge in [-0.05, 0) is 18.6 Å². The van der Waals surface area contributed by atoms with E-state index in [1.54, 1.807) is 30.5 Å². The number of pyridine rings is 1. The van der Waals surface area contributed by atoms with Crippen LogP contribution in [-0.4, -0.2) is 30.0 Å². The third-order valence-electron chi connectivity index (χ3n) is 3.07. The van der Waals surface area contributed by atoms with Crippen molar-refractivity contribution in [1.29, 1.82) is 0 Å². The fraction of sp³-hybridized carbons (Fsp3) is 0.188. The molecule has 5 heteroatoms. The molecule has 0 spiro atoms. The number of ether oxygens (including phenoxy) is 1. The minimum Gasteiger partial charge on any atom is -0.467 e. The Balaban J connectivity index is 2.29. The number of methoxy groups -OCH3 is 1. The summed E-state index contributed by atoms with van der Waals surface area (Å²) < 4.78 is 4.67. The molecule has 2 rings (SSSR count). The quantitative estimate of drug-likeness (QED) is 0.674. The highest BCUT2D eigenvalue weighted by Crippen LogP contribution is 2.16. The average molecular weight is 284 g/mol. The smallest absolute Gasteiger partial charge is 0.328 e. The van der Waals surface area contributed by atoms with Crippen LogP contribution in [0, 0.1) is 0 Å². The molecule has 5 nitrogen and oxygen atoms in total. The number of nitrogens with zero attached hydrogens (tertiary/aromatic N) is 1. The van der Waals surface area contributed by atoms with Crippen molar-refractivity contribution in [1.82, 2.24) is 10.3 Å². The fourth-order valence-corrected chi connectivity index (χ4v) is 2.05. The number of aromatic nitrogens is 1. The van der Waals surface area contributed by atoms with Crippen molar-refractivity contribution in [3.63, 3.8) is 0 Å². The van der Waals surface area contributed by atoms with Gasteiger partial charge in [0.1, 0.15) is 6.04 Å². The summed E-state index contributed by atoms with van der Waals surface area (Å²) in [6.07, 6.45) is 3.49.